The summed E-state index contributed by atoms with van der Waals surface area (Å²) in [5.41, 5.74) is 5.45. The SMILES string of the molecule is CC1CCCC(C)N1CC/C(N)=N/O. The summed E-state index contributed by atoms with van der Waals surface area (Å²) in [7, 11) is 0. The molecule has 0 aromatic carbocycles. The highest BCUT2D eigenvalue weighted by Crippen LogP contribution is 2.22. The van der Waals surface area contributed by atoms with Crippen LogP contribution in [-0.2, 0) is 0 Å². The minimum absolute atomic E-state index is 0.329. The van der Waals surface area contributed by atoms with Gasteiger partial charge in [0.25, 0.3) is 0 Å². The average Bonchev–Trinajstić information content (AvgIpc) is 2.16. The highest BCUT2D eigenvalue weighted by atomic mass is 16.4. The van der Waals surface area contributed by atoms with Gasteiger partial charge in [0.1, 0.15) is 5.84 Å². The number of piperidine rings is 1. The summed E-state index contributed by atoms with van der Waals surface area (Å²) in [5.74, 6) is 0.329. The second-order valence-electron chi connectivity index (χ2n) is 4.21. The fraction of sp³-hybridized carbons (Fsp3) is 0.900. The number of likely N-dealkylation sites (tertiary alicyclic amines) is 1. The van der Waals surface area contributed by atoms with E-state index in [2.05, 4.69) is 23.9 Å². The fourth-order valence-electron chi connectivity index (χ4n) is 2.21. The maximum absolute atomic E-state index is 8.44. The van der Waals surface area contributed by atoms with Crippen LogP contribution in [0.15, 0.2) is 5.16 Å². The molecule has 82 valence electrons. The van der Waals surface area contributed by atoms with Crippen LogP contribution in [0.1, 0.15) is 39.5 Å². The van der Waals surface area contributed by atoms with Crippen LogP contribution in [0.2, 0.25) is 0 Å². The van der Waals surface area contributed by atoms with E-state index in [0.717, 1.165) is 6.54 Å². The maximum atomic E-state index is 8.44. The van der Waals surface area contributed by atoms with Gasteiger partial charge in [-0.25, -0.2) is 0 Å². The second-order valence-corrected chi connectivity index (χ2v) is 4.21. The van der Waals surface area contributed by atoms with Crippen LogP contribution in [0.4, 0.5) is 0 Å². The molecule has 0 bridgehead atoms. The van der Waals surface area contributed by atoms with Crippen molar-refractivity contribution in [2.45, 2.75) is 51.6 Å². The molecule has 1 aliphatic heterocycles. The summed E-state index contributed by atoms with van der Waals surface area (Å²) >= 11 is 0. The first-order valence-electron chi connectivity index (χ1n) is 5.37. The van der Waals surface area contributed by atoms with Crippen molar-refractivity contribution in [2.24, 2.45) is 10.9 Å². The minimum Gasteiger partial charge on any atom is -0.409 e. The second kappa shape index (κ2) is 5.20. The predicted molar refractivity (Wildman–Crippen MR) is 57.5 cm³/mol. The molecule has 0 aromatic rings. The summed E-state index contributed by atoms with van der Waals surface area (Å²) in [6.07, 6.45) is 4.51. The van der Waals surface area contributed by atoms with Crippen molar-refractivity contribution < 1.29 is 5.21 Å². The van der Waals surface area contributed by atoms with E-state index < -0.39 is 0 Å². The molecule has 14 heavy (non-hydrogen) atoms. The zero-order chi connectivity index (χ0) is 10.6. The number of hydrogen-bond donors (Lipinski definition) is 2. The fourth-order valence-corrected chi connectivity index (χ4v) is 2.21. The third-order valence-electron chi connectivity index (χ3n) is 3.13. The smallest absolute Gasteiger partial charge is 0.140 e. The number of nitrogens with two attached hydrogens (primary N) is 1. The molecule has 0 spiro atoms. The highest BCUT2D eigenvalue weighted by molar-refractivity contribution is 5.79. The van der Waals surface area contributed by atoms with Gasteiger partial charge in [0.05, 0.1) is 0 Å². The van der Waals surface area contributed by atoms with Gasteiger partial charge in [-0.15, -0.1) is 0 Å². The lowest BCUT2D eigenvalue weighted by atomic mass is 9.97. The van der Waals surface area contributed by atoms with E-state index in [1.54, 1.807) is 0 Å². The first kappa shape index (κ1) is 11.3. The van der Waals surface area contributed by atoms with Crippen LogP contribution in [0.3, 0.4) is 0 Å². The molecule has 2 atom stereocenters. The van der Waals surface area contributed by atoms with Gasteiger partial charge < -0.3 is 10.9 Å². The van der Waals surface area contributed by atoms with Gasteiger partial charge >= 0.3 is 0 Å². The van der Waals surface area contributed by atoms with Gasteiger partial charge in [-0.3, -0.25) is 4.90 Å². The van der Waals surface area contributed by atoms with Crippen LogP contribution < -0.4 is 5.73 Å². The first-order valence-corrected chi connectivity index (χ1v) is 5.37. The molecular formula is C10H21N3O. The molecule has 1 aliphatic rings. The Bertz CT molecular complexity index is 196. The standard InChI is InChI=1S/C10H21N3O/c1-8-4-3-5-9(2)13(8)7-6-10(11)12-14/h8-9,14H,3-7H2,1-2H3,(H2,11,12). The molecule has 0 aliphatic carbocycles. The molecule has 4 nitrogen and oxygen atoms in total. The molecule has 1 rings (SSSR count). The van der Waals surface area contributed by atoms with E-state index >= 15 is 0 Å². The predicted octanol–water partition coefficient (Wildman–Crippen LogP) is 1.39. The number of nitrogens with zero attached hydrogens (tertiary/aromatic N) is 2. The molecule has 1 fully saturated rings. The largest absolute Gasteiger partial charge is 0.409 e. The van der Waals surface area contributed by atoms with E-state index in [-0.39, 0.29) is 0 Å². The normalized spacial score (nSPS) is 30.6. The zero-order valence-electron chi connectivity index (χ0n) is 9.11. The Morgan fingerprint density at radius 1 is 1.43 bits per heavy atom. The minimum atomic E-state index is 0.329. The van der Waals surface area contributed by atoms with E-state index in [1.165, 1.54) is 19.3 Å². The van der Waals surface area contributed by atoms with Gasteiger partial charge in [0, 0.05) is 25.0 Å². The van der Waals surface area contributed by atoms with Crippen LogP contribution in [-0.4, -0.2) is 34.6 Å². The van der Waals surface area contributed by atoms with E-state index in [4.69, 9.17) is 10.9 Å². The summed E-state index contributed by atoms with van der Waals surface area (Å²) in [5, 5.41) is 11.4. The van der Waals surface area contributed by atoms with Crippen molar-refractivity contribution in [1.82, 2.24) is 4.90 Å². The van der Waals surface area contributed by atoms with Crippen LogP contribution in [0.5, 0.6) is 0 Å². The van der Waals surface area contributed by atoms with Crippen LogP contribution in [0, 0.1) is 0 Å². The van der Waals surface area contributed by atoms with Crippen molar-refractivity contribution in [3.05, 3.63) is 0 Å². The van der Waals surface area contributed by atoms with Gasteiger partial charge in [-0.2, -0.15) is 0 Å². The Morgan fingerprint density at radius 3 is 2.50 bits per heavy atom. The van der Waals surface area contributed by atoms with Gasteiger partial charge in [-0.1, -0.05) is 11.6 Å². The third-order valence-corrected chi connectivity index (χ3v) is 3.13. The molecule has 0 aromatic heterocycles. The van der Waals surface area contributed by atoms with Crippen LogP contribution >= 0.6 is 0 Å². The number of hydrogen-bond acceptors (Lipinski definition) is 3. The number of rotatable bonds is 3. The van der Waals surface area contributed by atoms with Gasteiger partial charge in [0.2, 0.25) is 0 Å². The average molecular weight is 199 g/mol. The molecule has 2 unspecified atom stereocenters. The maximum Gasteiger partial charge on any atom is 0.140 e. The van der Waals surface area contributed by atoms with Crippen molar-refractivity contribution in [1.29, 1.82) is 0 Å². The van der Waals surface area contributed by atoms with Gasteiger partial charge in [-0.05, 0) is 26.7 Å². The molecule has 3 N–H and O–H groups in total. The summed E-state index contributed by atoms with van der Waals surface area (Å²) in [6.45, 7) is 5.40. The number of amidine groups is 1. The Morgan fingerprint density at radius 2 is 2.00 bits per heavy atom. The molecule has 0 saturated carbocycles. The summed E-state index contributed by atoms with van der Waals surface area (Å²) in [6, 6.07) is 1.26. The lowest BCUT2D eigenvalue weighted by Crippen LogP contribution is -2.44. The van der Waals surface area contributed by atoms with E-state index in [9.17, 15) is 0 Å². The van der Waals surface area contributed by atoms with E-state index in [1.807, 2.05) is 0 Å². The quantitative estimate of drug-likeness (QED) is 0.312. The molecule has 1 heterocycles. The Labute approximate surface area is 85.8 Å². The van der Waals surface area contributed by atoms with Crippen molar-refractivity contribution in [3.8, 4) is 0 Å². The summed E-state index contributed by atoms with van der Waals surface area (Å²) < 4.78 is 0. The first-order chi connectivity index (χ1) is 6.65. The summed E-state index contributed by atoms with van der Waals surface area (Å²) in [4.78, 5) is 2.45. The van der Waals surface area contributed by atoms with Crippen molar-refractivity contribution >= 4 is 5.84 Å². The lowest BCUT2D eigenvalue weighted by molar-refractivity contribution is 0.107. The van der Waals surface area contributed by atoms with Crippen LogP contribution in [0.25, 0.3) is 0 Å². The molecular weight excluding hydrogens is 178 g/mol. The highest BCUT2D eigenvalue weighted by Gasteiger charge is 2.23. The Balaban J connectivity index is 2.40. The topological polar surface area (TPSA) is 61.8 Å². The third kappa shape index (κ3) is 2.87. The Kier molecular flexibility index (Phi) is 4.20. The number of oxime groups is 1. The zero-order valence-corrected chi connectivity index (χ0v) is 9.11. The monoisotopic (exact) mass is 199 g/mol. The van der Waals surface area contributed by atoms with Crippen molar-refractivity contribution in [2.75, 3.05) is 6.54 Å². The molecule has 0 amide bonds. The molecule has 1 saturated heterocycles. The van der Waals surface area contributed by atoms with E-state index in [0.29, 0.717) is 24.3 Å². The Hall–Kier alpha value is -0.770. The van der Waals surface area contributed by atoms with Gasteiger partial charge in [0.15, 0.2) is 0 Å². The molecule has 4 heteroatoms. The lowest BCUT2D eigenvalue weighted by Gasteiger charge is -2.38. The molecule has 0 radical (unpaired) electrons. The van der Waals surface area contributed by atoms with Crippen molar-refractivity contribution in [3.63, 3.8) is 0 Å².